The van der Waals surface area contributed by atoms with Crippen molar-refractivity contribution < 1.29 is 6.22 Å². The van der Waals surface area contributed by atoms with Crippen LogP contribution in [0.4, 0.5) is 5.69 Å². The summed E-state index contributed by atoms with van der Waals surface area (Å²) in [5, 5.41) is 3.74. The third-order valence-corrected chi connectivity index (χ3v) is 5.22. The number of benzene rings is 2. The quantitative estimate of drug-likeness (QED) is 0.715. The van der Waals surface area contributed by atoms with Gasteiger partial charge in [0.25, 0.3) is 0 Å². The van der Waals surface area contributed by atoms with E-state index in [2.05, 4.69) is 54.7 Å². The monoisotopic (exact) mass is 322 g/mol. The van der Waals surface area contributed by atoms with Crippen LogP contribution in [0.3, 0.4) is 0 Å². The lowest BCUT2D eigenvalue weighted by Crippen LogP contribution is -2.24. The van der Waals surface area contributed by atoms with Gasteiger partial charge in [0.05, 0.1) is 0 Å². The molecule has 3 atom stereocenters. The number of carbonyl (C=O) groups excluding carboxylic acids is 1. The molecule has 0 bridgehead atoms. The molecule has 2 heteroatoms. The molecule has 0 aromatic heterocycles. The fraction of sp³-hybridized carbons (Fsp3) is 0.409. The molecule has 3 rings (SSSR count). The first-order valence-corrected chi connectivity index (χ1v) is 9.03. The van der Waals surface area contributed by atoms with Crippen molar-refractivity contribution in [1.82, 2.24) is 0 Å². The van der Waals surface area contributed by atoms with Gasteiger partial charge in [-0.05, 0) is 62.1 Å². The maximum Gasteiger partial charge on any atom is 1.00 e. The molecular formula is C22H28NO+. The fourth-order valence-electron chi connectivity index (χ4n) is 3.91. The Labute approximate surface area is 146 Å². The molecule has 0 spiro atoms. The van der Waals surface area contributed by atoms with Gasteiger partial charge >= 0.3 is 1.43 Å². The van der Waals surface area contributed by atoms with E-state index in [1.54, 1.807) is 6.92 Å². The van der Waals surface area contributed by atoms with E-state index in [0.717, 1.165) is 17.9 Å². The second-order valence-electron chi connectivity index (χ2n) is 7.25. The van der Waals surface area contributed by atoms with E-state index in [9.17, 15) is 4.79 Å². The van der Waals surface area contributed by atoms with Crippen LogP contribution in [0.5, 0.6) is 0 Å². The molecule has 0 radical (unpaired) electrons. The zero-order valence-corrected chi connectivity index (χ0v) is 14.7. The fourth-order valence-corrected chi connectivity index (χ4v) is 3.91. The Morgan fingerprint density at radius 3 is 2.46 bits per heavy atom. The maximum absolute atomic E-state index is 11.4. The van der Waals surface area contributed by atoms with Crippen LogP contribution in [0.1, 0.15) is 50.5 Å². The van der Waals surface area contributed by atoms with Crippen molar-refractivity contribution in [3.8, 4) is 0 Å². The summed E-state index contributed by atoms with van der Waals surface area (Å²) in [6.07, 6.45) is 4.84. The van der Waals surface area contributed by atoms with Gasteiger partial charge in [-0.25, -0.2) is 0 Å². The lowest BCUT2D eigenvalue weighted by Gasteiger charge is -2.22. The van der Waals surface area contributed by atoms with Gasteiger partial charge in [0.2, 0.25) is 0 Å². The van der Waals surface area contributed by atoms with Crippen LogP contribution in [-0.2, 0) is 6.42 Å². The first kappa shape index (κ1) is 16.8. The Balaban J connectivity index is 0.00000225. The highest BCUT2D eigenvalue weighted by Gasteiger charge is 2.31. The largest absolute Gasteiger partial charge is 1.00 e. The number of rotatable bonds is 6. The minimum Gasteiger partial charge on any atom is -0.382 e. The average Bonchev–Trinajstić information content (AvgIpc) is 2.93. The molecule has 0 saturated heterocycles. The van der Waals surface area contributed by atoms with Crippen molar-refractivity contribution >= 4 is 11.5 Å². The van der Waals surface area contributed by atoms with Gasteiger partial charge in [0.15, 0.2) is 5.78 Å². The first-order chi connectivity index (χ1) is 11.6. The lowest BCUT2D eigenvalue weighted by molar-refractivity contribution is 0.101. The summed E-state index contributed by atoms with van der Waals surface area (Å²) < 4.78 is 0. The van der Waals surface area contributed by atoms with E-state index in [0.29, 0.717) is 12.0 Å². The molecule has 2 nitrogen and oxygen atoms in total. The molecule has 2 aromatic rings. The van der Waals surface area contributed by atoms with Gasteiger partial charge in [0.1, 0.15) is 0 Å². The van der Waals surface area contributed by atoms with E-state index in [4.69, 9.17) is 0 Å². The van der Waals surface area contributed by atoms with Crippen molar-refractivity contribution in [3.63, 3.8) is 0 Å². The Kier molecular flexibility index (Phi) is 5.34. The molecule has 1 saturated carbocycles. The molecule has 0 aliphatic heterocycles. The van der Waals surface area contributed by atoms with Crippen molar-refractivity contribution in [3.05, 3.63) is 65.7 Å². The van der Waals surface area contributed by atoms with E-state index >= 15 is 0 Å². The zero-order valence-electron chi connectivity index (χ0n) is 15.7. The van der Waals surface area contributed by atoms with Crippen LogP contribution < -0.4 is 5.32 Å². The minimum atomic E-state index is 0. The molecule has 1 fully saturated rings. The number of hydrogen-bond donors (Lipinski definition) is 1. The van der Waals surface area contributed by atoms with Gasteiger partial charge in [-0.2, -0.15) is 0 Å². The van der Waals surface area contributed by atoms with E-state index in [-0.39, 0.29) is 7.21 Å². The average molecular weight is 322 g/mol. The molecule has 0 amide bonds. The molecular weight excluding hydrogens is 294 g/mol. The van der Waals surface area contributed by atoms with Crippen LogP contribution in [0.2, 0.25) is 0 Å². The van der Waals surface area contributed by atoms with Crippen LogP contribution in [-0.4, -0.2) is 11.8 Å². The van der Waals surface area contributed by atoms with E-state index < -0.39 is 0 Å². The van der Waals surface area contributed by atoms with E-state index in [1.807, 2.05) is 12.1 Å². The van der Waals surface area contributed by atoms with Crippen molar-refractivity contribution in [2.75, 3.05) is 5.32 Å². The number of carbonyl (C=O) groups is 1. The van der Waals surface area contributed by atoms with Gasteiger partial charge in [-0.15, -0.1) is 0 Å². The van der Waals surface area contributed by atoms with Gasteiger partial charge in [0, 0.05) is 17.3 Å². The maximum atomic E-state index is 11.4. The zero-order chi connectivity index (χ0) is 16.9. The van der Waals surface area contributed by atoms with Crippen LogP contribution >= 0.6 is 0 Å². The van der Waals surface area contributed by atoms with Crippen molar-refractivity contribution in [1.29, 1.82) is 0 Å². The SMILES string of the molecule is CC(=O)c1ccc(CCC2CC(C)CC2Nc2ccccc2)cc1.[H+]. The summed E-state index contributed by atoms with van der Waals surface area (Å²) in [5.41, 5.74) is 3.36. The second-order valence-corrected chi connectivity index (χ2v) is 7.25. The smallest absolute Gasteiger partial charge is 0.382 e. The summed E-state index contributed by atoms with van der Waals surface area (Å²) in [6.45, 7) is 3.98. The summed E-state index contributed by atoms with van der Waals surface area (Å²) in [5.74, 6) is 1.64. The number of anilines is 1. The number of aryl methyl sites for hydroxylation is 1. The van der Waals surface area contributed by atoms with Crippen LogP contribution in [0, 0.1) is 11.8 Å². The van der Waals surface area contributed by atoms with E-state index in [1.165, 1.54) is 30.5 Å². The Hall–Kier alpha value is -2.09. The summed E-state index contributed by atoms with van der Waals surface area (Å²) in [7, 11) is 0. The number of ketones is 1. The predicted octanol–water partition coefficient (Wildman–Crippen LogP) is 5.46. The first-order valence-electron chi connectivity index (χ1n) is 9.03. The number of nitrogens with one attached hydrogen (secondary N) is 1. The highest BCUT2D eigenvalue weighted by molar-refractivity contribution is 5.93. The van der Waals surface area contributed by atoms with Crippen LogP contribution in [0.15, 0.2) is 54.6 Å². The minimum absolute atomic E-state index is 0. The Morgan fingerprint density at radius 1 is 1.08 bits per heavy atom. The van der Waals surface area contributed by atoms with Gasteiger partial charge in [-0.1, -0.05) is 49.4 Å². The molecule has 2 aromatic carbocycles. The third-order valence-electron chi connectivity index (χ3n) is 5.22. The van der Waals surface area contributed by atoms with Gasteiger partial charge in [-0.3, -0.25) is 4.79 Å². The molecule has 126 valence electrons. The Morgan fingerprint density at radius 2 is 1.79 bits per heavy atom. The third kappa shape index (κ3) is 4.25. The number of Topliss-reactive ketones (excluding diaryl/α,β-unsaturated/α-hetero) is 1. The van der Waals surface area contributed by atoms with Crippen molar-refractivity contribution in [2.45, 2.75) is 45.6 Å². The Bertz CT molecular complexity index is 668. The molecule has 1 aliphatic rings. The molecule has 0 heterocycles. The molecule has 1 N–H and O–H groups in total. The molecule has 24 heavy (non-hydrogen) atoms. The molecule has 3 unspecified atom stereocenters. The molecule has 1 aliphatic carbocycles. The predicted molar refractivity (Wildman–Crippen MR) is 102 cm³/mol. The highest BCUT2D eigenvalue weighted by Crippen LogP contribution is 2.35. The summed E-state index contributed by atoms with van der Waals surface area (Å²) in [4.78, 5) is 11.4. The highest BCUT2D eigenvalue weighted by atomic mass is 16.1. The summed E-state index contributed by atoms with van der Waals surface area (Å²) in [6, 6.07) is 19.2. The number of para-hydroxylation sites is 1. The normalized spacial score (nSPS) is 23.2. The number of hydrogen-bond acceptors (Lipinski definition) is 2. The summed E-state index contributed by atoms with van der Waals surface area (Å²) >= 11 is 0. The standard InChI is InChI=1S/C22H27NO/c1-16-14-20(22(15-16)23-21-6-4-3-5-7-21)13-10-18-8-11-19(12-9-18)17(2)24/h3-9,11-12,16,20,22-23H,10,13-15H2,1-2H3/p+1. The topological polar surface area (TPSA) is 29.1 Å². The van der Waals surface area contributed by atoms with Crippen molar-refractivity contribution in [2.24, 2.45) is 11.8 Å². The van der Waals surface area contributed by atoms with Crippen LogP contribution in [0.25, 0.3) is 0 Å². The lowest BCUT2D eigenvalue weighted by atomic mass is 9.94. The second kappa shape index (κ2) is 7.65. The van der Waals surface area contributed by atoms with Gasteiger partial charge < -0.3 is 5.32 Å².